The summed E-state index contributed by atoms with van der Waals surface area (Å²) in [6.07, 6.45) is 0. The standard InChI is InChI=1S/C17H19FN2O5/c1-11-8-14(12(2)19(11)6-7-24-3)16(21)10-25-17-9-13(18)4-5-15(17)20(22)23/h4-5,8-9H,6-7,10H2,1-3H3. The van der Waals surface area contributed by atoms with Crippen molar-refractivity contribution < 1.29 is 23.6 Å². The lowest BCUT2D eigenvalue weighted by atomic mass is 10.1. The van der Waals surface area contributed by atoms with Crippen LogP contribution in [0.2, 0.25) is 0 Å². The highest BCUT2D eigenvalue weighted by molar-refractivity contribution is 5.98. The molecule has 0 saturated carbocycles. The van der Waals surface area contributed by atoms with Crippen LogP contribution in [0, 0.1) is 29.8 Å². The Kier molecular flexibility index (Phi) is 5.87. The van der Waals surface area contributed by atoms with Crippen LogP contribution in [0.5, 0.6) is 5.75 Å². The Morgan fingerprint density at radius 2 is 2.04 bits per heavy atom. The van der Waals surface area contributed by atoms with Crippen molar-refractivity contribution in [1.29, 1.82) is 0 Å². The maximum Gasteiger partial charge on any atom is 0.311 e. The molecule has 0 unspecified atom stereocenters. The first-order valence-corrected chi connectivity index (χ1v) is 7.60. The summed E-state index contributed by atoms with van der Waals surface area (Å²) in [5.41, 5.74) is 1.74. The summed E-state index contributed by atoms with van der Waals surface area (Å²) in [6.45, 7) is 4.38. The minimum atomic E-state index is -0.685. The highest BCUT2D eigenvalue weighted by Gasteiger charge is 2.20. The lowest BCUT2D eigenvalue weighted by molar-refractivity contribution is -0.385. The molecule has 0 aliphatic heterocycles. The molecule has 134 valence electrons. The Balaban J connectivity index is 2.16. The molecule has 0 saturated heterocycles. The van der Waals surface area contributed by atoms with Crippen LogP contribution in [-0.2, 0) is 11.3 Å². The summed E-state index contributed by atoms with van der Waals surface area (Å²) < 4.78 is 25.5. The Labute approximate surface area is 144 Å². The van der Waals surface area contributed by atoms with E-state index in [-0.39, 0.29) is 17.2 Å². The fourth-order valence-corrected chi connectivity index (χ4v) is 2.59. The number of carbonyl (C=O) groups is 1. The van der Waals surface area contributed by atoms with Gasteiger partial charge in [-0.15, -0.1) is 0 Å². The van der Waals surface area contributed by atoms with Gasteiger partial charge in [-0.3, -0.25) is 14.9 Å². The number of Topliss-reactive ketones (excluding diaryl/α,β-unsaturated/α-hetero) is 1. The zero-order chi connectivity index (χ0) is 18.6. The number of benzene rings is 1. The van der Waals surface area contributed by atoms with Gasteiger partial charge in [0.15, 0.2) is 12.4 Å². The molecule has 0 radical (unpaired) electrons. The second-order valence-electron chi connectivity index (χ2n) is 5.51. The molecule has 1 aromatic carbocycles. The number of aryl methyl sites for hydroxylation is 1. The predicted molar refractivity (Wildman–Crippen MR) is 88.7 cm³/mol. The van der Waals surface area contributed by atoms with Gasteiger partial charge in [-0.05, 0) is 26.0 Å². The fourth-order valence-electron chi connectivity index (χ4n) is 2.59. The number of ketones is 1. The van der Waals surface area contributed by atoms with Crippen LogP contribution in [0.4, 0.5) is 10.1 Å². The van der Waals surface area contributed by atoms with E-state index in [1.54, 1.807) is 20.1 Å². The molecule has 0 aliphatic rings. The van der Waals surface area contributed by atoms with Gasteiger partial charge in [0, 0.05) is 42.7 Å². The predicted octanol–water partition coefficient (Wildman–Crippen LogP) is 3.06. The van der Waals surface area contributed by atoms with Crippen molar-refractivity contribution in [2.45, 2.75) is 20.4 Å². The molecule has 0 amide bonds. The van der Waals surface area contributed by atoms with Crippen molar-refractivity contribution in [3.63, 3.8) is 0 Å². The first-order valence-electron chi connectivity index (χ1n) is 7.60. The number of nitro benzene ring substituents is 1. The summed E-state index contributed by atoms with van der Waals surface area (Å²) >= 11 is 0. The van der Waals surface area contributed by atoms with Crippen molar-refractivity contribution in [3.8, 4) is 5.75 Å². The number of carbonyl (C=O) groups excluding carboxylic acids is 1. The van der Waals surface area contributed by atoms with E-state index in [2.05, 4.69) is 0 Å². The Bertz CT molecular complexity index is 801. The minimum absolute atomic E-state index is 0.272. The molecule has 0 N–H and O–H groups in total. The third-order valence-electron chi connectivity index (χ3n) is 3.87. The number of ether oxygens (including phenoxy) is 2. The van der Waals surface area contributed by atoms with Gasteiger partial charge in [0.05, 0.1) is 11.5 Å². The number of aromatic nitrogens is 1. The molecule has 2 rings (SSSR count). The molecule has 7 nitrogen and oxygen atoms in total. The van der Waals surface area contributed by atoms with Gasteiger partial charge in [0.25, 0.3) is 0 Å². The second kappa shape index (κ2) is 7.89. The van der Waals surface area contributed by atoms with Gasteiger partial charge in [-0.25, -0.2) is 4.39 Å². The maximum atomic E-state index is 13.3. The molecule has 0 spiro atoms. The number of nitro groups is 1. The average Bonchev–Trinajstić information content (AvgIpc) is 2.85. The lowest BCUT2D eigenvalue weighted by Gasteiger charge is -2.09. The van der Waals surface area contributed by atoms with Crippen molar-refractivity contribution in [2.75, 3.05) is 20.3 Å². The smallest absolute Gasteiger partial charge is 0.311 e. The van der Waals surface area contributed by atoms with Crippen LogP contribution in [-0.4, -0.2) is 35.6 Å². The van der Waals surface area contributed by atoms with Gasteiger partial charge in [0.1, 0.15) is 5.82 Å². The fraction of sp³-hybridized carbons (Fsp3) is 0.353. The Morgan fingerprint density at radius 3 is 2.68 bits per heavy atom. The van der Waals surface area contributed by atoms with Gasteiger partial charge in [0.2, 0.25) is 5.78 Å². The zero-order valence-electron chi connectivity index (χ0n) is 14.2. The van der Waals surface area contributed by atoms with Crippen LogP contribution >= 0.6 is 0 Å². The van der Waals surface area contributed by atoms with E-state index in [4.69, 9.17) is 9.47 Å². The quantitative estimate of drug-likeness (QED) is 0.415. The third-order valence-corrected chi connectivity index (χ3v) is 3.87. The van der Waals surface area contributed by atoms with Crippen molar-refractivity contribution >= 4 is 11.5 Å². The molecule has 8 heteroatoms. The maximum absolute atomic E-state index is 13.3. The molecule has 1 heterocycles. The molecular weight excluding hydrogens is 331 g/mol. The van der Waals surface area contributed by atoms with E-state index in [1.165, 1.54) is 0 Å². The van der Waals surface area contributed by atoms with Gasteiger partial charge < -0.3 is 14.0 Å². The molecule has 2 aromatic rings. The third kappa shape index (κ3) is 4.21. The summed E-state index contributed by atoms with van der Waals surface area (Å²) in [7, 11) is 1.60. The first-order chi connectivity index (χ1) is 11.8. The Hall–Kier alpha value is -2.74. The highest BCUT2D eigenvalue weighted by atomic mass is 19.1. The molecular formula is C17H19FN2O5. The zero-order valence-corrected chi connectivity index (χ0v) is 14.2. The van der Waals surface area contributed by atoms with Crippen LogP contribution in [0.25, 0.3) is 0 Å². The molecule has 25 heavy (non-hydrogen) atoms. The summed E-state index contributed by atoms with van der Waals surface area (Å²) in [5, 5.41) is 11.0. The largest absolute Gasteiger partial charge is 0.478 e. The molecule has 0 aliphatic carbocycles. The van der Waals surface area contributed by atoms with E-state index in [9.17, 15) is 19.3 Å². The molecule has 1 aromatic heterocycles. The average molecular weight is 350 g/mol. The topological polar surface area (TPSA) is 83.6 Å². The van der Waals surface area contributed by atoms with Crippen molar-refractivity contribution in [1.82, 2.24) is 4.57 Å². The summed E-state index contributed by atoms with van der Waals surface area (Å²) in [6, 6.07) is 4.60. The number of methoxy groups -OCH3 is 1. The Morgan fingerprint density at radius 1 is 1.32 bits per heavy atom. The molecule has 0 bridgehead atoms. The van der Waals surface area contributed by atoms with Crippen LogP contribution in [0.1, 0.15) is 21.7 Å². The number of hydrogen-bond acceptors (Lipinski definition) is 5. The van der Waals surface area contributed by atoms with E-state index < -0.39 is 17.3 Å². The second-order valence-corrected chi connectivity index (χ2v) is 5.51. The minimum Gasteiger partial charge on any atom is -0.478 e. The van der Waals surface area contributed by atoms with Gasteiger partial charge in [-0.1, -0.05) is 0 Å². The monoisotopic (exact) mass is 350 g/mol. The van der Waals surface area contributed by atoms with Crippen molar-refractivity contribution in [3.05, 3.63) is 57.1 Å². The number of rotatable bonds is 8. The number of halogens is 1. The number of nitrogens with zero attached hydrogens (tertiary/aromatic N) is 2. The van der Waals surface area contributed by atoms with E-state index in [0.717, 1.165) is 29.6 Å². The van der Waals surface area contributed by atoms with Crippen LogP contribution in [0.15, 0.2) is 24.3 Å². The van der Waals surface area contributed by atoms with Crippen molar-refractivity contribution in [2.24, 2.45) is 0 Å². The first kappa shape index (κ1) is 18.6. The molecule has 0 atom stereocenters. The number of hydrogen-bond donors (Lipinski definition) is 0. The molecule has 0 fully saturated rings. The van der Waals surface area contributed by atoms with E-state index in [0.29, 0.717) is 18.7 Å². The normalized spacial score (nSPS) is 10.7. The van der Waals surface area contributed by atoms with Crippen LogP contribution < -0.4 is 4.74 Å². The summed E-state index contributed by atoms with van der Waals surface area (Å²) in [5.74, 6) is -1.28. The lowest BCUT2D eigenvalue weighted by Crippen LogP contribution is -2.14. The van der Waals surface area contributed by atoms with Crippen LogP contribution in [0.3, 0.4) is 0 Å². The van der Waals surface area contributed by atoms with Gasteiger partial charge in [-0.2, -0.15) is 0 Å². The van der Waals surface area contributed by atoms with E-state index >= 15 is 0 Å². The summed E-state index contributed by atoms with van der Waals surface area (Å²) in [4.78, 5) is 22.7. The highest BCUT2D eigenvalue weighted by Crippen LogP contribution is 2.27. The SMILES string of the molecule is COCCn1c(C)cc(C(=O)COc2cc(F)ccc2[N+](=O)[O-])c1C. The van der Waals surface area contributed by atoms with E-state index in [1.807, 2.05) is 11.5 Å². The van der Waals surface area contributed by atoms with Gasteiger partial charge >= 0.3 is 5.69 Å².